The largest absolute Gasteiger partial charge is 0.381 e. The van der Waals surface area contributed by atoms with Crippen LogP contribution >= 0.6 is 11.3 Å². The van der Waals surface area contributed by atoms with E-state index in [0.717, 1.165) is 83.3 Å². The molecule has 0 bridgehead atoms. The molecular formula is C18H32N4O2S. The van der Waals surface area contributed by atoms with Gasteiger partial charge in [-0.1, -0.05) is 0 Å². The van der Waals surface area contributed by atoms with Crippen LogP contribution in [0.1, 0.15) is 36.4 Å². The van der Waals surface area contributed by atoms with Crippen LogP contribution in [0.25, 0.3) is 0 Å². The van der Waals surface area contributed by atoms with Crippen molar-refractivity contribution in [3.8, 4) is 0 Å². The molecule has 25 heavy (non-hydrogen) atoms. The van der Waals surface area contributed by atoms with E-state index in [1.807, 2.05) is 14.0 Å². The lowest BCUT2D eigenvalue weighted by Gasteiger charge is -2.12. The quantitative estimate of drug-likeness (QED) is 0.357. The molecule has 2 heterocycles. The zero-order chi connectivity index (χ0) is 17.7. The summed E-state index contributed by atoms with van der Waals surface area (Å²) in [5.41, 5.74) is 1.13. The molecular weight excluding hydrogens is 336 g/mol. The second-order valence-corrected chi connectivity index (χ2v) is 7.37. The minimum absolute atomic E-state index is 0.593. The van der Waals surface area contributed by atoms with Crippen LogP contribution in [0.3, 0.4) is 0 Å². The van der Waals surface area contributed by atoms with Crippen LogP contribution in [0.15, 0.2) is 10.4 Å². The predicted octanol–water partition coefficient (Wildman–Crippen LogP) is 2.38. The Labute approximate surface area is 155 Å². The molecule has 2 rings (SSSR count). The van der Waals surface area contributed by atoms with Gasteiger partial charge in [0, 0.05) is 50.3 Å². The van der Waals surface area contributed by atoms with E-state index in [0.29, 0.717) is 5.92 Å². The summed E-state index contributed by atoms with van der Waals surface area (Å²) < 4.78 is 11.0. The molecule has 1 saturated heterocycles. The van der Waals surface area contributed by atoms with Gasteiger partial charge in [-0.25, -0.2) is 4.98 Å². The number of hydrogen-bond donors (Lipinski definition) is 2. The molecule has 0 aliphatic carbocycles. The molecule has 6 nitrogen and oxygen atoms in total. The highest BCUT2D eigenvalue weighted by Crippen LogP contribution is 2.12. The van der Waals surface area contributed by atoms with E-state index in [9.17, 15) is 0 Å². The van der Waals surface area contributed by atoms with Crippen LogP contribution in [-0.2, 0) is 15.9 Å². The molecule has 2 N–H and O–H groups in total. The molecule has 1 fully saturated rings. The van der Waals surface area contributed by atoms with Crippen molar-refractivity contribution in [1.29, 1.82) is 0 Å². The second-order valence-electron chi connectivity index (χ2n) is 6.42. The Morgan fingerprint density at radius 1 is 1.36 bits per heavy atom. The van der Waals surface area contributed by atoms with Crippen molar-refractivity contribution in [2.24, 2.45) is 10.9 Å². The van der Waals surface area contributed by atoms with E-state index in [4.69, 9.17) is 9.47 Å². The Balaban J connectivity index is 1.42. The number of guanidine groups is 1. The summed E-state index contributed by atoms with van der Waals surface area (Å²) in [5.74, 6) is 1.46. The van der Waals surface area contributed by atoms with Crippen LogP contribution in [0.5, 0.6) is 0 Å². The van der Waals surface area contributed by atoms with Gasteiger partial charge < -0.3 is 20.1 Å². The van der Waals surface area contributed by atoms with Crippen molar-refractivity contribution in [2.75, 3.05) is 46.6 Å². The fourth-order valence-corrected chi connectivity index (χ4v) is 3.51. The van der Waals surface area contributed by atoms with Gasteiger partial charge in [-0.05, 0) is 39.0 Å². The van der Waals surface area contributed by atoms with E-state index in [1.54, 1.807) is 11.3 Å². The smallest absolute Gasteiger partial charge is 0.190 e. The van der Waals surface area contributed by atoms with Crippen molar-refractivity contribution in [2.45, 2.75) is 39.0 Å². The highest BCUT2D eigenvalue weighted by Gasteiger charge is 2.15. The molecule has 142 valence electrons. The minimum Gasteiger partial charge on any atom is -0.381 e. The third-order valence-corrected chi connectivity index (χ3v) is 5.16. The number of hydrogen-bond acceptors (Lipinski definition) is 5. The van der Waals surface area contributed by atoms with E-state index in [-0.39, 0.29) is 0 Å². The van der Waals surface area contributed by atoms with Crippen LogP contribution in [0.4, 0.5) is 0 Å². The van der Waals surface area contributed by atoms with E-state index in [2.05, 4.69) is 26.0 Å². The van der Waals surface area contributed by atoms with Gasteiger partial charge in [0.25, 0.3) is 0 Å². The lowest BCUT2D eigenvalue weighted by atomic mass is 10.1. The number of unbranched alkanes of at least 4 members (excludes halogenated alkanes) is 1. The molecule has 0 amide bonds. The number of aromatic nitrogens is 1. The molecule has 0 aromatic carbocycles. The minimum atomic E-state index is 0.593. The van der Waals surface area contributed by atoms with Crippen molar-refractivity contribution in [3.63, 3.8) is 0 Å². The topological polar surface area (TPSA) is 67.8 Å². The predicted molar refractivity (Wildman–Crippen MR) is 104 cm³/mol. The maximum absolute atomic E-state index is 5.70. The van der Waals surface area contributed by atoms with E-state index >= 15 is 0 Å². The number of nitrogens with one attached hydrogen (secondary N) is 2. The van der Waals surface area contributed by atoms with Crippen molar-refractivity contribution >= 4 is 17.3 Å². The van der Waals surface area contributed by atoms with Gasteiger partial charge in [0.1, 0.15) is 0 Å². The molecule has 1 aliphatic heterocycles. The Bertz CT molecular complexity index is 501. The summed E-state index contributed by atoms with van der Waals surface area (Å²) >= 11 is 1.76. The number of aryl methyl sites for hydroxylation is 2. The van der Waals surface area contributed by atoms with Crippen molar-refractivity contribution in [1.82, 2.24) is 15.6 Å². The molecule has 7 heteroatoms. The SMILES string of the molecule is CN=C(NCCCCc1nc(C)cs1)NCCCOCC1CCOC1. The third kappa shape index (κ3) is 8.65. The van der Waals surface area contributed by atoms with Gasteiger partial charge in [-0.2, -0.15) is 0 Å². The number of nitrogens with zero attached hydrogens (tertiary/aromatic N) is 2. The maximum atomic E-state index is 5.70. The fraction of sp³-hybridized carbons (Fsp3) is 0.778. The molecule has 1 aromatic heterocycles. The van der Waals surface area contributed by atoms with Gasteiger partial charge in [0.15, 0.2) is 5.96 Å². The number of aliphatic imine (C=N–C) groups is 1. The standard InChI is InChI=1S/C18H32N4O2S/c1-15-14-25-17(22-15)6-3-4-8-20-18(19-2)21-9-5-10-23-12-16-7-11-24-13-16/h14,16H,3-13H2,1-2H3,(H2,19,20,21). The third-order valence-electron chi connectivity index (χ3n) is 4.14. The first-order valence-corrected chi connectivity index (χ1v) is 10.2. The average molecular weight is 369 g/mol. The fourth-order valence-electron chi connectivity index (χ4n) is 2.69. The molecule has 0 radical (unpaired) electrons. The van der Waals surface area contributed by atoms with Crippen molar-refractivity contribution in [3.05, 3.63) is 16.1 Å². The van der Waals surface area contributed by atoms with Crippen LogP contribution in [0.2, 0.25) is 0 Å². The molecule has 1 aliphatic rings. The van der Waals surface area contributed by atoms with Crippen LogP contribution < -0.4 is 10.6 Å². The van der Waals surface area contributed by atoms with E-state index in [1.165, 1.54) is 5.01 Å². The van der Waals surface area contributed by atoms with Crippen LogP contribution in [-0.4, -0.2) is 57.5 Å². The summed E-state index contributed by atoms with van der Waals surface area (Å²) in [6.07, 6.45) is 5.45. The van der Waals surface area contributed by atoms with Gasteiger partial charge in [0.2, 0.25) is 0 Å². The summed E-state index contributed by atoms with van der Waals surface area (Å²) in [6.45, 7) is 7.21. The molecule has 1 atom stereocenters. The lowest BCUT2D eigenvalue weighted by molar-refractivity contribution is 0.0888. The molecule has 1 unspecified atom stereocenters. The first-order chi connectivity index (χ1) is 12.3. The first-order valence-electron chi connectivity index (χ1n) is 9.29. The normalized spacial score (nSPS) is 17.8. The zero-order valence-electron chi connectivity index (χ0n) is 15.6. The van der Waals surface area contributed by atoms with Crippen LogP contribution in [0, 0.1) is 12.8 Å². The Morgan fingerprint density at radius 2 is 2.20 bits per heavy atom. The Morgan fingerprint density at radius 3 is 2.88 bits per heavy atom. The summed E-state index contributed by atoms with van der Waals surface area (Å²) in [6, 6.07) is 0. The average Bonchev–Trinajstić information content (AvgIpc) is 3.27. The molecule has 0 spiro atoms. The van der Waals surface area contributed by atoms with Gasteiger partial charge in [0.05, 0.1) is 18.2 Å². The summed E-state index contributed by atoms with van der Waals surface area (Å²) in [7, 11) is 1.81. The monoisotopic (exact) mass is 368 g/mol. The molecule has 1 aromatic rings. The lowest BCUT2D eigenvalue weighted by Crippen LogP contribution is -2.38. The summed E-state index contributed by atoms with van der Waals surface area (Å²) in [5, 5.41) is 10.1. The summed E-state index contributed by atoms with van der Waals surface area (Å²) in [4.78, 5) is 8.75. The van der Waals surface area contributed by atoms with E-state index < -0.39 is 0 Å². The van der Waals surface area contributed by atoms with Gasteiger partial charge in [-0.15, -0.1) is 11.3 Å². The highest BCUT2D eigenvalue weighted by molar-refractivity contribution is 7.09. The van der Waals surface area contributed by atoms with Gasteiger partial charge in [-0.3, -0.25) is 4.99 Å². The number of ether oxygens (including phenoxy) is 2. The maximum Gasteiger partial charge on any atom is 0.190 e. The number of thiazole rings is 1. The zero-order valence-corrected chi connectivity index (χ0v) is 16.4. The first kappa shape index (κ1) is 20.1. The van der Waals surface area contributed by atoms with Gasteiger partial charge >= 0.3 is 0 Å². The Hall–Kier alpha value is -1.18. The number of rotatable bonds is 11. The van der Waals surface area contributed by atoms with Crippen molar-refractivity contribution < 1.29 is 9.47 Å². The Kier molecular flexibility index (Phi) is 9.84. The highest BCUT2D eigenvalue weighted by atomic mass is 32.1. The second kappa shape index (κ2) is 12.2. The molecule has 0 saturated carbocycles.